The van der Waals surface area contributed by atoms with Crippen LogP contribution in [0.25, 0.3) is 44.0 Å². The zero-order chi connectivity index (χ0) is 28.9. The minimum atomic E-state index is -5.20. The number of rotatable bonds is 7. The lowest BCUT2D eigenvalue weighted by atomic mass is 9.99. The molecule has 0 aliphatic heterocycles. The molecular formula is C32H29FN2O5S. The lowest BCUT2D eigenvalue weighted by Crippen LogP contribution is -2.15. The summed E-state index contributed by atoms with van der Waals surface area (Å²) in [5.74, 6) is 3.18. The molecule has 0 saturated heterocycles. The number of pyridine rings is 1. The smallest absolute Gasteiger partial charge is 0.488 e. The van der Waals surface area contributed by atoms with Crippen molar-refractivity contribution in [1.82, 2.24) is 9.55 Å². The predicted molar refractivity (Wildman–Crippen MR) is 159 cm³/mol. The molecule has 1 fully saturated rings. The third kappa shape index (κ3) is 5.04. The van der Waals surface area contributed by atoms with Crippen LogP contribution >= 0.6 is 0 Å². The Morgan fingerprint density at radius 1 is 1.10 bits per heavy atom. The van der Waals surface area contributed by atoms with Crippen molar-refractivity contribution in [3.8, 4) is 35.0 Å². The number of nitrogens with zero attached hydrogens (tertiary/aromatic N) is 1. The lowest BCUT2D eigenvalue weighted by Gasteiger charge is -2.22. The van der Waals surface area contributed by atoms with Crippen LogP contribution in [0, 0.1) is 18.3 Å². The van der Waals surface area contributed by atoms with Crippen LogP contribution in [0.5, 0.6) is 11.5 Å². The molecule has 1 saturated carbocycles. The Morgan fingerprint density at radius 3 is 2.59 bits per heavy atom. The van der Waals surface area contributed by atoms with Crippen LogP contribution in [0.15, 0.2) is 59.4 Å². The maximum Gasteiger partial charge on any atom is 0.488 e. The molecule has 0 radical (unpaired) electrons. The number of benzene rings is 3. The Kier molecular flexibility index (Phi) is 6.74. The van der Waals surface area contributed by atoms with Crippen LogP contribution in [0.2, 0.25) is 0 Å². The highest BCUT2D eigenvalue weighted by Gasteiger charge is 2.25. The fraction of sp³-hybridized carbons (Fsp3) is 0.281. The number of ether oxygens (including phenoxy) is 1. The molecule has 0 unspecified atom stereocenters. The van der Waals surface area contributed by atoms with Gasteiger partial charge in [-0.15, -0.1) is 6.42 Å². The van der Waals surface area contributed by atoms with Gasteiger partial charge in [0.2, 0.25) is 0 Å². The summed E-state index contributed by atoms with van der Waals surface area (Å²) in [6, 6.07) is 15.6. The van der Waals surface area contributed by atoms with Crippen LogP contribution < -0.4 is 14.3 Å². The van der Waals surface area contributed by atoms with Crippen LogP contribution in [-0.2, 0) is 10.5 Å². The van der Waals surface area contributed by atoms with Crippen molar-refractivity contribution in [3.63, 3.8) is 0 Å². The number of hydrogen-bond donors (Lipinski definition) is 1. The van der Waals surface area contributed by atoms with Gasteiger partial charge in [0.15, 0.2) is 5.43 Å². The van der Waals surface area contributed by atoms with Crippen molar-refractivity contribution < 1.29 is 21.2 Å². The van der Waals surface area contributed by atoms with Gasteiger partial charge >= 0.3 is 10.5 Å². The van der Waals surface area contributed by atoms with Crippen LogP contribution in [-0.4, -0.2) is 24.6 Å². The summed E-state index contributed by atoms with van der Waals surface area (Å²) in [5.41, 5.74) is 4.06. The number of H-pyrrole nitrogens is 1. The molecule has 0 spiro atoms. The van der Waals surface area contributed by atoms with E-state index in [2.05, 4.69) is 19.7 Å². The van der Waals surface area contributed by atoms with Gasteiger partial charge in [-0.1, -0.05) is 54.7 Å². The highest BCUT2D eigenvalue weighted by molar-refractivity contribution is 7.81. The van der Waals surface area contributed by atoms with Crippen molar-refractivity contribution in [2.45, 2.75) is 45.6 Å². The van der Waals surface area contributed by atoms with Gasteiger partial charge in [0.1, 0.15) is 17.1 Å². The SMILES string of the molecule is C#Cc1ccc2c(c1)[nH]c1c2c(=O)c2cc(OCC(C)C)c(-c3cccc(OS(=O)(=O)F)c3)cc2n1C1CCCC1. The number of aromatic nitrogens is 2. The van der Waals surface area contributed by atoms with Gasteiger partial charge < -0.3 is 18.5 Å². The first kappa shape index (κ1) is 26.9. The largest absolute Gasteiger partial charge is 0.493 e. The normalized spacial score (nSPS) is 14.3. The Balaban J connectivity index is 1.69. The predicted octanol–water partition coefficient (Wildman–Crippen LogP) is 7.03. The highest BCUT2D eigenvalue weighted by Crippen LogP contribution is 2.41. The molecule has 41 heavy (non-hydrogen) atoms. The minimum absolute atomic E-state index is 0.120. The molecule has 1 N–H and O–H groups in total. The van der Waals surface area contributed by atoms with E-state index in [1.54, 1.807) is 18.2 Å². The van der Waals surface area contributed by atoms with Gasteiger partial charge in [0.05, 0.1) is 22.9 Å². The maximum atomic E-state index is 14.2. The molecular weight excluding hydrogens is 543 g/mol. The van der Waals surface area contributed by atoms with Crippen molar-refractivity contribution in [1.29, 1.82) is 0 Å². The van der Waals surface area contributed by atoms with Gasteiger partial charge in [-0.3, -0.25) is 4.79 Å². The molecule has 5 aromatic rings. The Labute approximate surface area is 237 Å². The van der Waals surface area contributed by atoms with E-state index in [0.29, 0.717) is 34.3 Å². The molecule has 7 nitrogen and oxygen atoms in total. The van der Waals surface area contributed by atoms with Gasteiger partial charge in [0, 0.05) is 28.1 Å². The minimum Gasteiger partial charge on any atom is -0.493 e. The zero-order valence-corrected chi connectivity index (χ0v) is 23.6. The van der Waals surface area contributed by atoms with Gasteiger partial charge in [0.25, 0.3) is 0 Å². The van der Waals surface area contributed by atoms with E-state index in [1.807, 2.05) is 38.1 Å². The molecule has 1 aliphatic rings. The summed E-state index contributed by atoms with van der Waals surface area (Å²) in [6.45, 7) is 4.44. The zero-order valence-electron chi connectivity index (χ0n) is 22.7. The second kappa shape index (κ2) is 10.3. The van der Waals surface area contributed by atoms with E-state index in [1.165, 1.54) is 12.1 Å². The Bertz CT molecular complexity index is 2030. The molecule has 210 valence electrons. The summed E-state index contributed by atoms with van der Waals surface area (Å²) in [5, 5.41) is 1.94. The van der Waals surface area contributed by atoms with E-state index < -0.39 is 10.5 Å². The fourth-order valence-electron chi connectivity index (χ4n) is 5.86. The number of terminal acetylenes is 1. The second-order valence-electron chi connectivity index (χ2n) is 11.0. The number of fused-ring (bicyclic) bond motifs is 4. The fourth-order valence-corrected chi connectivity index (χ4v) is 6.20. The molecule has 9 heteroatoms. The summed E-state index contributed by atoms with van der Waals surface area (Å²) in [4.78, 5) is 17.7. The van der Waals surface area contributed by atoms with Crippen molar-refractivity contribution in [2.24, 2.45) is 5.92 Å². The second-order valence-corrected chi connectivity index (χ2v) is 11.9. The molecule has 2 aromatic heterocycles. The van der Waals surface area contributed by atoms with Crippen LogP contribution in [0.3, 0.4) is 0 Å². The molecule has 6 rings (SSSR count). The van der Waals surface area contributed by atoms with E-state index in [4.69, 9.17) is 11.2 Å². The van der Waals surface area contributed by atoms with E-state index in [-0.39, 0.29) is 23.1 Å². The summed E-state index contributed by atoms with van der Waals surface area (Å²) >= 11 is 0. The van der Waals surface area contributed by atoms with E-state index in [9.17, 15) is 17.1 Å². The third-order valence-corrected chi connectivity index (χ3v) is 8.01. The monoisotopic (exact) mass is 572 g/mol. The van der Waals surface area contributed by atoms with Gasteiger partial charge in [-0.25, -0.2) is 0 Å². The maximum absolute atomic E-state index is 14.2. The average molecular weight is 573 g/mol. The van der Waals surface area contributed by atoms with Crippen molar-refractivity contribution in [2.75, 3.05) is 6.61 Å². The van der Waals surface area contributed by atoms with E-state index in [0.717, 1.165) is 53.3 Å². The van der Waals surface area contributed by atoms with Crippen molar-refractivity contribution in [3.05, 3.63) is 70.4 Å². The van der Waals surface area contributed by atoms with Crippen LogP contribution in [0.4, 0.5) is 3.89 Å². The third-order valence-electron chi connectivity index (χ3n) is 7.62. The number of halogens is 1. The highest BCUT2D eigenvalue weighted by atomic mass is 32.3. The number of aromatic amines is 1. The molecule has 3 aromatic carbocycles. The molecule has 2 heterocycles. The first-order chi connectivity index (χ1) is 19.6. The Hall–Kier alpha value is -4.29. The van der Waals surface area contributed by atoms with E-state index >= 15 is 0 Å². The first-order valence-electron chi connectivity index (χ1n) is 13.6. The van der Waals surface area contributed by atoms with Gasteiger partial charge in [-0.05, 0) is 60.7 Å². The summed E-state index contributed by atoms with van der Waals surface area (Å²) in [6.07, 6.45) is 9.76. The number of nitrogens with one attached hydrogen (secondary N) is 1. The first-order valence-corrected chi connectivity index (χ1v) is 15.0. The molecule has 0 bridgehead atoms. The van der Waals surface area contributed by atoms with Gasteiger partial charge in [-0.2, -0.15) is 8.42 Å². The molecule has 0 atom stereocenters. The van der Waals surface area contributed by atoms with Crippen LogP contribution in [0.1, 0.15) is 51.1 Å². The standard InChI is InChI=1S/C32H29FN2O5S/c1-4-20-12-13-24-27(14-20)34-32-30(24)31(36)26-17-29(39-18-19(2)3)25(16-28(26)35(32)22-9-5-6-10-22)21-8-7-11-23(15-21)40-41(33,37)38/h1,7-8,11-17,19,22,34H,5-6,9-10,18H2,2-3H3. The quantitative estimate of drug-likeness (QED) is 0.167. The average Bonchev–Trinajstić information content (AvgIpc) is 3.59. The summed E-state index contributed by atoms with van der Waals surface area (Å²) < 4.78 is 48.6. The molecule has 0 amide bonds. The molecule has 1 aliphatic carbocycles. The summed E-state index contributed by atoms with van der Waals surface area (Å²) in [7, 11) is -5.20. The lowest BCUT2D eigenvalue weighted by molar-refractivity contribution is 0.272. The number of hydrogen-bond acceptors (Lipinski definition) is 5. The topological polar surface area (TPSA) is 90.4 Å². The Morgan fingerprint density at radius 2 is 1.88 bits per heavy atom. The van der Waals surface area contributed by atoms with Crippen molar-refractivity contribution >= 4 is 43.3 Å².